The van der Waals surface area contributed by atoms with Crippen LogP contribution in [0.1, 0.15) is 30.9 Å². The molecule has 0 aromatic heterocycles. The molecule has 1 fully saturated rings. The van der Waals surface area contributed by atoms with Gasteiger partial charge in [-0.1, -0.05) is 31.2 Å². The Bertz CT molecular complexity index is 483. The summed E-state index contributed by atoms with van der Waals surface area (Å²) in [6.07, 6.45) is 4.76. The topological polar surface area (TPSA) is 41.6 Å². The molecule has 3 nitrogen and oxygen atoms in total. The molecule has 0 radical (unpaired) electrons. The normalized spacial score (nSPS) is 20.2. The molecule has 0 unspecified atom stereocenters. The predicted octanol–water partition coefficient (Wildman–Crippen LogP) is 2.82. The van der Waals surface area contributed by atoms with Gasteiger partial charge in [0, 0.05) is 19.6 Å². The number of nitrogens with zero attached hydrogens (tertiary/aromatic N) is 2. The van der Waals surface area contributed by atoms with E-state index >= 15 is 0 Å². The monoisotopic (exact) mass is 385 g/mol. The van der Waals surface area contributed by atoms with Crippen LogP contribution in [0.5, 0.6) is 0 Å². The molecule has 110 valence electrons. The molecule has 1 saturated carbocycles. The molecule has 0 saturated heterocycles. The SMILES string of the molecule is CN(C(N)=NCC1(C)Cc2ccccc2C1)C1CC1.I. The van der Waals surface area contributed by atoms with Crippen molar-refractivity contribution >= 4 is 29.9 Å². The van der Waals surface area contributed by atoms with Crippen molar-refractivity contribution in [2.24, 2.45) is 16.1 Å². The van der Waals surface area contributed by atoms with Gasteiger partial charge in [0.25, 0.3) is 0 Å². The van der Waals surface area contributed by atoms with E-state index in [0.29, 0.717) is 12.0 Å². The number of hydrogen-bond donors (Lipinski definition) is 1. The molecule has 0 atom stereocenters. The molecule has 1 aromatic carbocycles. The fraction of sp³-hybridized carbons (Fsp3) is 0.562. The number of aliphatic imine (C=N–C) groups is 1. The molecule has 2 N–H and O–H groups in total. The zero-order valence-electron chi connectivity index (χ0n) is 12.3. The van der Waals surface area contributed by atoms with Crippen molar-refractivity contribution in [3.63, 3.8) is 0 Å². The smallest absolute Gasteiger partial charge is 0.191 e. The van der Waals surface area contributed by atoms with Crippen molar-refractivity contribution in [3.05, 3.63) is 35.4 Å². The second-order valence-corrected chi connectivity index (χ2v) is 6.45. The summed E-state index contributed by atoms with van der Waals surface area (Å²) in [6.45, 7) is 3.14. The molecule has 20 heavy (non-hydrogen) atoms. The van der Waals surface area contributed by atoms with E-state index in [-0.39, 0.29) is 29.4 Å². The number of fused-ring (bicyclic) bond motifs is 1. The average molecular weight is 385 g/mol. The maximum atomic E-state index is 6.08. The summed E-state index contributed by atoms with van der Waals surface area (Å²) < 4.78 is 0. The van der Waals surface area contributed by atoms with Crippen LogP contribution >= 0.6 is 24.0 Å². The number of hydrogen-bond acceptors (Lipinski definition) is 1. The lowest BCUT2D eigenvalue weighted by molar-refractivity contribution is 0.357. The summed E-state index contributed by atoms with van der Waals surface area (Å²) >= 11 is 0. The lowest BCUT2D eigenvalue weighted by Crippen LogP contribution is -2.37. The molecule has 0 amide bonds. The first-order chi connectivity index (χ1) is 9.07. The van der Waals surface area contributed by atoms with Crippen molar-refractivity contribution in [3.8, 4) is 0 Å². The number of nitrogens with two attached hydrogens (primary N) is 1. The second kappa shape index (κ2) is 5.92. The molecule has 0 spiro atoms. The van der Waals surface area contributed by atoms with Gasteiger partial charge in [-0.25, -0.2) is 0 Å². The highest BCUT2D eigenvalue weighted by Crippen LogP contribution is 2.36. The van der Waals surface area contributed by atoms with Crippen molar-refractivity contribution in [2.45, 2.75) is 38.6 Å². The highest BCUT2D eigenvalue weighted by atomic mass is 127. The summed E-state index contributed by atoms with van der Waals surface area (Å²) in [4.78, 5) is 6.77. The van der Waals surface area contributed by atoms with E-state index in [4.69, 9.17) is 5.73 Å². The molecule has 2 aliphatic carbocycles. The minimum Gasteiger partial charge on any atom is -0.370 e. The van der Waals surface area contributed by atoms with Crippen molar-refractivity contribution < 1.29 is 0 Å². The zero-order chi connectivity index (χ0) is 13.5. The minimum absolute atomic E-state index is 0. The van der Waals surface area contributed by atoms with Gasteiger partial charge < -0.3 is 10.6 Å². The fourth-order valence-electron chi connectivity index (χ4n) is 3.03. The van der Waals surface area contributed by atoms with Crippen LogP contribution in [0.2, 0.25) is 0 Å². The first-order valence-electron chi connectivity index (χ1n) is 7.17. The van der Waals surface area contributed by atoms with Crippen LogP contribution in [0.25, 0.3) is 0 Å². The highest BCUT2D eigenvalue weighted by molar-refractivity contribution is 14.0. The number of rotatable bonds is 3. The Kier molecular flexibility index (Phi) is 4.62. The van der Waals surface area contributed by atoms with Crippen LogP contribution in [0.3, 0.4) is 0 Å². The molecular formula is C16H24IN3. The third-order valence-corrected chi connectivity index (χ3v) is 4.43. The maximum absolute atomic E-state index is 6.08. The van der Waals surface area contributed by atoms with Crippen molar-refractivity contribution in [2.75, 3.05) is 13.6 Å². The second-order valence-electron chi connectivity index (χ2n) is 6.45. The van der Waals surface area contributed by atoms with Gasteiger partial charge in [-0.2, -0.15) is 0 Å². The molecular weight excluding hydrogens is 361 g/mol. The Morgan fingerprint density at radius 1 is 1.30 bits per heavy atom. The molecule has 3 rings (SSSR count). The Balaban J connectivity index is 0.00000147. The predicted molar refractivity (Wildman–Crippen MR) is 94.6 cm³/mol. The Morgan fingerprint density at radius 3 is 2.35 bits per heavy atom. The molecule has 4 heteroatoms. The Labute approximate surface area is 138 Å². The van der Waals surface area contributed by atoms with E-state index in [0.717, 1.165) is 19.4 Å². The number of benzene rings is 1. The molecule has 2 aliphatic rings. The number of halogens is 1. The van der Waals surface area contributed by atoms with Gasteiger partial charge in [0.15, 0.2) is 5.96 Å². The van der Waals surface area contributed by atoms with Gasteiger partial charge in [0.1, 0.15) is 0 Å². The van der Waals surface area contributed by atoms with Crippen LogP contribution in [-0.4, -0.2) is 30.5 Å². The van der Waals surface area contributed by atoms with E-state index in [1.54, 1.807) is 0 Å². The fourth-order valence-corrected chi connectivity index (χ4v) is 3.03. The van der Waals surface area contributed by atoms with E-state index < -0.39 is 0 Å². The van der Waals surface area contributed by atoms with Crippen LogP contribution in [0.15, 0.2) is 29.3 Å². The Hall–Kier alpha value is -0.780. The van der Waals surface area contributed by atoms with Crippen LogP contribution in [0, 0.1) is 5.41 Å². The summed E-state index contributed by atoms with van der Waals surface area (Å²) in [6, 6.07) is 9.37. The molecule has 0 aliphatic heterocycles. The van der Waals surface area contributed by atoms with E-state index in [2.05, 4.69) is 48.1 Å². The van der Waals surface area contributed by atoms with Gasteiger partial charge in [0.05, 0.1) is 0 Å². The molecule has 0 heterocycles. The lowest BCUT2D eigenvalue weighted by Gasteiger charge is -2.23. The molecule has 1 aromatic rings. The summed E-state index contributed by atoms with van der Waals surface area (Å²) in [5.41, 5.74) is 9.27. The van der Waals surface area contributed by atoms with Gasteiger partial charge in [0.2, 0.25) is 0 Å². The van der Waals surface area contributed by atoms with E-state index in [1.165, 1.54) is 24.0 Å². The summed E-state index contributed by atoms with van der Waals surface area (Å²) in [5, 5.41) is 0. The molecule has 0 bridgehead atoms. The van der Waals surface area contributed by atoms with Crippen molar-refractivity contribution in [1.82, 2.24) is 4.90 Å². The Morgan fingerprint density at radius 2 is 1.85 bits per heavy atom. The van der Waals surface area contributed by atoms with Gasteiger partial charge in [-0.15, -0.1) is 24.0 Å². The maximum Gasteiger partial charge on any atom is 0.191 e. The highest BCUT2D eigenvalue weighted by Gasteiger charge is 2.33. The van der Waals surface area contributed by atoms with Crippen LogP contribution < -0.4 is 5.73 Å². The summed E-state index contributed by atoms with van der Waals surface area (Å²) in [7, 11) is 2.06. The quantitative estimate of drug-likeness (QED) is 0.494. The standard InChI is InChI=1S/C16H23N3.HI/c1-16(9-12-5-3-4-6-13(12)10-16)11-18-15(17)19(2)14-7-8-14;/h3-6,14H,7-11H2,1-2H3,(H2,17,18);1H. The first-order valence-corrected chi connectivity index (χ1v) is 7.17. The first kappa shape index (κ1) is 15.6. The van der Waals surface area contributed by atoms with E-state index in [9.17, 15) is 0 Å². The van der Waals surface area contributed by atoms with Gasteiger partial charge in [-0.05, 0) is 42.2 Å². The third-order valence-electron chi connectivity index (χ3n) is 4.43. The van der Waals surface area contributed by atoms with Crippen LogP contribution in [-0.2, 0) is 12.8 Å². The number of guanidine groups is 1. The van der Waals surface area contributed by atoms with Gasteiger partial charge in [-0.3, -0.25) is 4.99 Å². The largest absolute Gasteiger partial charge is 0.370 e. The summed E-state index contributed by atoms with van der Waals surface area (Å²) in [5.74, 6) is 0.708. The lowest BCUT2D eigenvalue weighted by atomic mass is 9.87. The zero-order valence-corrected chi connectivity index (χ0v) is 14.6. The van der Waals surface area contributed by atoms with Gasteiger partial charge >= 0.3 is 0 Å². The van der Waals surface area contributed by atoms with E-state index in [1.807, 2.05) is 0 Å². The average Bonchev–Trinajstić information content (AvgIpc) is 3.17. The van der Waals surface area contributed by atoms with Crippen LogP contribution in [0.4, 0.5) is 0 Å². The minimum atomic E-state index is 0. The third kappa shape index (κ3) is 3.27. The van der Waals surface area contributed by atoms with Crippen molar-refractivity contribution in [1.29, 1.82) is 0 Å².